The van der Waals surface area contributed by atoms with Crippen LogP contribution in [0.1, 0.15) is 19.7 Å². The number of hydrogen-bond donors (Lipinski definition) is 1. The summed E-state index contributed by atoms with van der Waals surface area (Å²) in [7, 11) is 1.97. The number of imidazole rings is 1. The van der Waals surface area contributed by atoms with Crippen molar-refractivity contribution in [2.24, 2.45) is 13.0 Å². The molecule has 2 atom stereocenters. The molecule has 0 saturated heterocycles. The fourth-order valence-corrected chi connectivity index (χ4v) is 1.05. The topological polar surface area (TPSA) is 38.1 Å². The Bertz CT molecular complexity index is 242. The van der Waals surface area contributed by atoms with Gasteiger partial charge in [0.2, 0.25) is 0 Å². The summed E-state index contributed by atoms with van der Waals surface area (Å²) >= 11 is 0. The number of aryl methyl sites for hydroxylation is 1. The van der Waals surface area contributed by atoms with Crippen LogP contribution in [0.25, 0.3) is 0 Å². The number of nitrogens with zero attached hydrogens (tertiary/aromatic N) is 2. The quantitative estimate of drug-likeness (QED) is 0.730. The number of aliphatic hydroxyl groups excluding tert-OH is 1. The van der Waals surface area contributed by atoms with Crippen LogP contribution in [0.15, 0.2) is 12.4 Å². The molecule has 0 aliphatic heterocycles. The lowest BCUT2D eigenvalue weighted by molar-refractivity contribution is 0.133. The molecule has 0 aliphatic rings. The van der Waals surface area contributed by atoms with Crippen molar-refractivity contribution < 1.29 is 5.11 Å². The molecule has 0 radical (unpaired) electrons. The van der Waals surface area contributed by atoms with Crippen molar-refractivity contribution in [2.45, 2.75) is 26.4 Å². The van der Waals surface area contributed by atoms with Crippen molar-refractivity contribution in [1.82, 2.24) is 9.55 Å². The van der Waals surface area contributed by atoms with Gasteiger partial charge in [0.15, 0.2) is 0 Å². The molecule has 0 saturated carbocycles. The van der Waals surface area contributed by atoms with Crippen molar-refractivity contribution in [2.75, 3.05) is 0 Å². The van der Waals surface area contributed by atoms with Crippen LogP contribution in [0.5, 0.6) is 0 Å². The van der Waals surface area contributed by atoms with Crippen molar-refractivity contribution in [3.63, 3.8) is 0 Å². The van der Waals surface area contributed by atoms with Crippen molar-refractivity contribution in [3.8, 4) is 0 Å². The summed E-state index contributed by atoms with van der Waals surface area (Å²) in [5, 5.41) is 9.27. The molecule has 68 valence electrons. The number of aliphatic hydroxyl groups is 1. The second-order valence-corrected chi connectivity index (χ2v) is 3.38. The Morgan fingerprint density at radius 2 is 2.25 bits per heavy atom. The third-order valence-electron chi connectivity index (χ3n) is 2.25. The summed E-state index contributed by atoms with van der Waals surface area (Å²) in [6.45, 7) is 3.84. The summed E-state index contributed by atoms with van der Waals surface area (Å²) in [5.41, 5.74) is 0. The Kier molecular flexibility index (Phi) is 2.87. The monoisotopic (exact) mass is 168 g/mol. The van der Waals surface area contributed by atoms with E-state index in [1.807, 2.05) is 31.7 Å². The minimum atomic E-state index is -0.262. The zero-order valence-electron chi connectivity index (χ0n) is 7.86. The van der Waals surface area contributed by atoms with E-state index in [2.05, 4.69) is 4.98 Å². The minimum Gasteiger partial charge on any atom is -0.393 e. The average molecular weight is 168 g/mol. The SMILES string of the molecule is CC(O)C(C)Cc1nccn1C. The maximum absolute atomic E-state index is 9.27. The minimum absolute atomic E-state index is 0.262. The standard InChI is InChI=1S/C9H16N2O/c1-7(8(2)12)6-9-10-4-5-11(9)3/h4-5,7-8,12H,6H2,1-3H3. The lowest BCUT2D eigenvalue weighted by atomic mass is 10.0. The summed E-state index contributed by atoms with van der Waals surface area (Å²) in [6.07, 6.45) is 4.27. The van der Waals surface area contributed by atoms with Crippen molar-refractivity contribution in [1.29, 1.82) is 0 Å². The van der Waals surface area contributed by atoms with Crippen LogP contribution in [0.2, 0.25) is 0 Å². The molecule has 0 spiro atoms. The highest BCUT2D eigenvalue weighted by Crippen LogP contribution is 2.09. The van der Waals surface area contributed by atoms with Crippen LogP contribution >= 0.6 is 0 Å². The van der Waals surface area contributed by atoms with Gasteiger partial charge in [0.1, 0.15) is 5.82 Å². The Labute approximate surface area is 73.1 Å². The van der Waals surface area contributed by atoms with E-state index in [9.17, 15) is 5.11 Å². The second kappa shape index (κ2) is 3.72. The van der Waals surface area contributed by atoms with Gasteiger partial charge < -0.3 is 9.67 Å². The molecule has 2 unspecified atom stereocenters. The van der Waals surface area contributed by atoms with Crippen LogP contribution in [-0.4, -0.2) is 20.8 Å². The number of aromatic nitrogens is 2. The molecule has 0 fully saturated rings. The van der Waals surface area contributed by atoms with Gasteiger partial charge in [-0.15, -0.1) is 0 Å². The summed E-state index contributed by atoms with van der Waals surface area (Å²) in [6, 6.07) is 0. The van der Waals surface area contributed by atoms with Crippen LogP contribution in [0.3, 0.4) is 0 Å². The van der Waals surface area contributed by atoms with E-state index in [0.29, 0.717) is 0 Å². The zero-order valence-corrected chi connectivity index (χ0v) is 7.86. The van der Waals surface area contributed by atoms with Crippen molar-refractivity contribution >= 4 is 0 Å². The lowest BCUT2D eigenvalue weighted by Crippen LogP contribution is -2.17. The first-order valence-electron chi connectivity index (χ1n) is 4.25. The maximum Gasteiger partial charge on any atom is 0.108 e. The van der Waals surface area contributed by atoms with Gasteiger partial charge in [-0.2, -0.15) is 0 Å². The second-order valence-electron chi connectivity index (χ2n) is 3.38. The molecule has 1 aromatic rings. The Morgan fingerprint density at radius 3 is 2.67 bits per heavy atom. The third kappa shape index (κ3) is 2.08. The predicted molar refractivity (Wildman–Crippen MR) is 47.8 cm³/mol. The van der Waals surface area contributed by atoms with Gasteiger partial charge in [-0.3, -0.25) is 0 Å². The van der Waals surface area contributed by atoms with Gasteiger partial charge in [-0.05, 0) is 12.8 Å². The van der Waals surface area contributed by atoms with E-state index >= 15 is 0 Å². The molecule has 0 aromatic carbocycles. The van der Waals surface area contributed by atoms with Crippen LogP contribution in [0.4, 0.5) is 0 Å². The molecule has 3 heteroatoms. The predicted octanol–water partition coefficient (Wildman–Crippen LogP) is 0.980. The first-order chi connectivity index (χ1) is 5.61. The van der Waals surface area contributed by atoms with Gasteiger partial charge in [0.05, 0.1) is 6.10 Å². The van der Waals surface area contributed by atoms with E-state index < -0.39 is 0 Å². The molecule has 1 N–H and O–H groups in total. The fraction of sp³-hybridized carbons (Fsp3) is 0.667. The maximum atomic E-state index is 9.27. The molecule has 0 aliphatic carbocycles. The average Bonchev–Trinajstić information content (AvgIpc) is 2.36. The number of rotatable bonds is 3. The highest BCUT2D eigenvalue weighted by molar-refractivity contribution is 4.92. The normalized spacial score (nSPS) is 16.0. The molecular weight excluding hydrogens is 152 g/mol. The largest absolute Gasteiger partial charge is 0.393 e. The van der Waals surface area contributed by atoms with Gasteiger partial charge in [-0.25, -0.2) is 4.98 Å². The summed E-state index contributed by atoms with van der Waals surface area (Å²) < 4.78 is 1.98. The molecule has 3 nitrogen and oxygen atoms in total. The van der Waals surface area contributed by atoms with Gasteiger partial charge in [-0.1, -0.05) is 6.92 Å². The van der Waals surface area contributed by atoms with Gasteiger partial charge >= 0.3 is 0 Å². The molecule has 0 bridgehead atoms. The van der Waals surface area contributed by atoms with Gasteiger partial charge in [0.25, 0.3) is 0 Å². The smallest absolute Gasteiger partial charge is 0.108 e. The Morgan fingerprint density at radius 1 is 1.58 bits per heavy atom. The zero-order chi connectivity index (χ0) is 9.14. The molecule has 1 heterocycles. The Balaban J connectivity index is 2.58. The van der Waals surface area contributed by atoms with E-state index in [0.717, 1.165) is 12.2 Å². The van der Waals surface area contributed by atoms with E-state index in [4.69, 9.17) is 0 Å². The van der Waals surface area contributed by atoms with Crippen LogP contribution in [0, 0.1) is 5.92 Å². The highest BCUT2D eigenvalue weighted by Gasteiger charge is 2.11. The molecule has 1 rings (SSSR count). The van der Waals surface area contributed by atoms with E-state index in [1.54, 1.807) is 6.20 Å². The summed E-state index contributed by atoms with van der Waals surface area (Å²) in [5.74, 6) is 1.30. The van der Waals surface area contributed by atoms with Crippen LogP contribution in [-0.2, 0) is 13.5 Å². The van der Waals surface area contributed by atoms with E-state index in [1.165, 1.54) is 0 Å². The third-order valence-corrected chi connectivity index (χ3v) is 2.25. The number of hydrogen-bond acceptors (Lipinski definition) is 2. The molecule has 0 amide bonds. The fourth-order valence-electron chi connectivity index (χ4n) is 1.05. The van der Waals surface area contributed by atoms with Crippen LogP contribution < -0.4 is 0 Å². The molecule has 12 heavy (non-hydrogen) atoms. The lowest BCUT2D eigenvalue weighted by Gasteiger charge is -2.13. The highest BCUT2D eigenvalue weighted by atomic mass is 16.3. The Hall–Kier alpha value is -0.830. The van der Waals surface area contributed by atoms with Crippen molar-refractivity contribution in [3.05, 3.63) is 18.2 Å². The van der Waals surface area contributed by atoms with E-state index in [-0.39, 0.29) is 12.0 Å². The first-order valence-corrected chi connectivity index (χ1v) is 4.25. The first kappa shape index (κ1) is 9.26. The molecule has 1 aromatic heterocycles. The summed E-state index contributed by atoms with van der Waals surface area (Å²) in [4.78, 5) is 4.19. The van der Waals surface area contributed by atoms with Gasteiger partial charge in [0, 0.05) is 25.9 Å². The molecular formula is C9H16N2O.